The average Bonchev–Trinajstić information content (AvgIpc) is 3.00. The molecule has 1 N–H and O–H groups in total. The van der Waals surface area contributed by atoms with Gasteiger partial charge in [0.1, 0.15) is 11.5 Å². The molecule has 6 nitrogen and oxygen atoms in total. The number of benzene rings is 2. The number of methoxy groups -OCH3 is 1. The molecule has 0 bridgehead atoms. The Morgan fingerprint density at radius 1 is 1.19 bits per heavy atom. The van der Waals surface area contributed by atoms with Crippen molar-refractivity contribution in [2.75, 3.05) is 26.9 Å². The van der Waals surface area contributed by atoms with E-state index in [2.05, 4.69) is 15.9 Å². The topological polar surface area (TPSA) is 76.1 Å². The molecule has 31 heavy (non-hydrogen) atoms. The van der Waals surface area contributed by atoms with E-state index in [1.54, 1.807) is 19.2 Å². The molecular formula is C23H23BrClNO5. The molecule has 1 aliphatic heterocycles. The summed E-state index contributed by atoms with van der Waals surface area (Å²) in [7, 11) is 1.58. The highest BCUT2D eigenvalue weighted by Crippen LogP contribution is 2.40. The fourth-order valence-corrected chi connectivity index (χ4v) is 4.06. The molecule has 1 heterocycles. The summed E-state index contributed by atoms with van der Waals surface area (Å²) < 4.78 is 11.4. The number of aliphatic hydroxyl groups excluding tert-OH is 1. The summed E-state index contributed by atoms with van der Waals surface area (Å²) in [6.07, 6.45) is 0.561. The minimum atomic E-state index is -0.729. The highest BCUT2D eigenvalue weighted by Gasteiger charge is 2.45. The molecule has 1 saturated heterocycles. The van der Waals surface area contributed by atoms with Crippen LogP contribution in [0.4, 0.5) is 0 Å². The van der Waals surface area contributed by atoms with E-state index in [-0.39, 0.29) is 11.3 Å². The van der Waals surface area contributed by atoms with E-state index in [1.807, 2.05) is 31.2 Å². The second-order valence-electron chi connectivity index (χ2n) is 6.97. The van der Waals surface area contributed by atoms with E-state index < -0.39 is 17.7 Å². The van der Waals surface area contributed by atoms with Crippen LogP contribution in [0.2, 0.25) is 5.02 Å². The monoisotopic (exact) mass is 507 g/mol. The van der Waals surface area contributed by atoms with Crippen molar-refractivity contribution >= 4 is 45.0 Å². The van der Waals surface area contributed by atoms with E-state index in [0.717, 1.165) is 10.0 Å². The van der Waals surface area contributed by atoms with E-state index in [9.17, 15) is 14.7 Å². The second-order valence-corrected chi connectivity index (χ2v) is 8.29. The van der Waals surface area contributed by atoms with Gasteiger partial charge in [-0.25, -0.2) is 0 Å². The van der Waals surface area contributed by atoms with Gasteiger partial charge in [-0.2, -0.15) is 0 Å². The van der Waals surface area contributed by atoms with Gasteiger partial charge in [-0.1, -0.05) is 39.7 Å². The molecule has 8 heteroatoms. The van der Waals surface area contributed by atoms with Crippen LogP contribution in [0.25, 0.3) is 5.76 Å². The van der Waals surface area contributed by atoms with Crippen molar-refractivity contribution in [3.05, 3.63) is 68.7 Å². The average molecular weight is 509 g/mol. The summed E-state index contributed by atoms with van der Waals surface area (Å²) in [5.74, 6) is -1.17. The van der Waals surface area contributed by atoms with Gasteiger partial charge in [0.25, 0.3) is 11.7 Å². The molecule has 0 aliphatic carbocycles. The smallest absolute Gasteiger partial charge is 0.295 e. The molecule has 2 aromatic carbocycles. The molecule has 1 fully saturated rings. The van der Waals surface area contributed by atoms with Crippen LogP contribution in [-0.2, 0) is 14.3 Å². The highest BCUT2D eigenvalue weighted by molar-refractivity contribution is 9.10. The number of rotatable bonds is 8. The third-order valence-corrected chi connectivity index (χ3v) is 5.80. The number of ketones is 1. The van der Waals surface area contributed by atoms with Gasteiger partial charge in [-0.3, -0.25) is 9.59 Å². The predicted molar refractivity (Wildman–Crippen MR) is 122 cm³/mol. The molecule has 1 atom stereocenters. The molecule has 2 aromatic rings. The molecule has 1 amide bonds. The van der Waals surface area contributed by atoms with E-state index >= 15 is 0 Å². The van der Waals surface area contributed by atoms with Crippen LogP contribution in [-0.4, -0.2) is 48.6 Å². The van der Waals surface area contributed by atoms with Crippen LogP contribution in [0.1, 0.15) is 30.5 Å². The number of hydrogen-bond acceptors (Lipinski definition) is 5. The molecule has 0 unspecified atom stereocenters. The second kappa shape index (κ2) is 10.3. The SMILES string of the molecule is CCOc1ccc(C(O)=C2C(=O)C(=O)N(CCCOC)[C@H]2c2ccc(Br)cc2)cc1Cl. The molecule has 164 valence electrons. The Bertz CT molecular complexity index is 1010. The Labute approximate surface area is 194 Å². The summed E-state index contributed by atoms with van der Waals surface area (Å²) in [6, 6.07) is 11.4. The maximum atomic E-state index is 13.0. The van der Waals surface area contributed by atoms with Crippen molar-refractivity contribution in [2.45, 2.75) is 19.4 Å². The molecule has 3 rings (SSSR count). The normalized spacial score (nSPS) is 17.9. The molecule has 0 saturated carbocycles. The number of nitrogens with zero attached hydrogens (tertiary/aromatic N) is 1. The molecule has 0 radical (unpaired) electrons. The number of carbonyl (C=O) groups is 2. The Hall–Kier alpha value is -2.35. The lowest BCUT2D eigenvalue weighted by Gasteiger charge is -2.25. The Balaban J connectivity index is 2.10. The lowest BCUT2D eigenvalue weighted by molar-refractivity contribution is -0.140. The van der Waals surface area contributed by atoms with Gasteiger partial charge in [0.05, 0.1) is 23.2 Å². The molecule has 0 spiro atoms. The van der Waals surface area contributed by atoms with Gasteiger partial charge in [-0.05, 0) is 49.2 Å². The van der Waals surface area contributed by atoms with Gasteiger partial charge in [0.2, 0.25) is 0 Å². The van der Waals surface area contributed by atoms with Gasteiger partial charge in [0, 0.05) is 30.3 Å². The summed E-state index contributed by atoms with van der Waals surface area (Å²) in [5, 5.41) is 11.4. The summed E-state index contributed by atoms with van der Waals surface area (Å²) in [5.41, 5.74) is 1.09. The first kappa shape index (κ1) is 23.3. The van der Waals surface area contributed by atoms with E-state index in [0.29, 0.717) is 42.5 Å². The zero-order chi connectivity index (χ0) is 22.5. The third-order valence-electron chi connectivity index (χ3n) is 4.98. The first-order valence-electron chi connectivity index (χ1n) is 9.84. The number of hydrogen-bond donors (Lipinski definition) is 1. The maximum absolute atomic E-state index is 13.0. The quantitative estimate of drug-likeness (QED) is 0.236. The first-order valence-corrected chi connectivity index (χ1v) is 11.0. The number of aliphatic hydroxyl groups is 1. The zero-order valence-corrected chi connectivity index (χ0v) is 19.6. The minimum absolute atomic E-state index is 0.0324. The van der Waals surface area contributed by atoms with Gasteiger partial charge >= 0.3 is 0 Å². The maximum Gasteiger partial charge on any atom is 0.295 e. The van der Waals surface area contributed by atoms with Gasteiger partial charge in [-0.15, -0.1) is 0 Å². The standard InChI is InChI=1S/C23H23BrClNO5/c1-3-31-18-10-7-15(13-17(18)25)21(27)19-20(14-5-8-16(24)9-6-14)26(11-4-12-30-2)23(29)22(19)28/h5-10,13,20,27H,3-4,11-12H2,1-2H3/t20-/m0/s1. The number of Topliss-reactive ketones (excluding diaryl/α,β-unsaturated/α-hetero) is 1. The zero-order valence-electron chi connectivity index (χ0n) is 17.2. The van der Waals surface area contributed by atoms with E-state index in [4.69, 9.17) is 21.1 Å². The van der Waals surface area contributed by atoms with Crippen LogP contribution in [0.3, 0.4) is 0 Å². The highest BCUT2D eigenvalue weighted by atomic mass is 79.9. The predicted octanol–water partition coefficient (Wildman–Crippen LogP) is 4.96. The van der Waals surface area contributed by atoms with Crippen molar-refractivity contribution < 1.29 is 24.2 Å². The Morgan fingerprint density at radius 3 is 2.52 bits per heavy atom. The largest absolute Gasteiger partial charge is 0.507 e. The summed E-state index contributed by atoms with van der Waals surface area (Å²) >= 11 is 9.67. The number of halogens is 2. The fourth-order valence-electron chi connectivity index (χ4n) is 3.56. The van der Waals surface area contributed by atoms with Crippen molar-refractivity contribution in [2.24, 2.45) is 0 Å². The van der Waals surface area contributed by atoms with Crippen LogP contribution in [0.5, 0.6) is 5.75 Å². The number of amides is 1. The Kier molecular flexibility index (Phi) is 7.75. The molecular weight excluding hydrogens is 486 g/mol. The number of likely N-dealkylation sites (tertiary alicyclic amines) is 1. The first-order chi connectivity index (χ1) is 14.9. The van der Waals surface area contributed by atoms with Crippen LogP contribution in [0, 0.1) is 0 Å². The van der Waals surface area contributed by atoms with Crippen LogP contribution < -0.4 is 4.74 Å². The fraction of sp³-hybridized carbons (Fsp3) is 0.304. The lowest BCUT2D eigenvalue weighted by atomic mass is 9.95. The van der Waals surface area contributed by atoms with Crippen molar-refractivity contribution in [1.29, 1.82) is 0 Å². The van der Waals surface area contributed by atoms with E-state index in [1.165, 1.54) is 11.0 Å². The van der Waals surface area contributed by atoms with Crippen LogP contribution in [0.15, 0.2) is 52.5 Å². The lowest BCUT2D eigenvalue weighted by Crippen LogP contribution is -2.31. The third kappa shape index (κ3) is 4.95. The number of carbonyl (C=O) groups excluding carboxylic acids is 2. The van der Waals surface area contributed by atoms with Crippen LogP contribution >= 0.6 is 27.5 Å². The van der Waals surface area contributed by atoms with Crippen molar-refractivity contribution in [3.63, 3.8) is 0 Å². The minimum Gasteiger partial charge on any atom is -0.507 e. The Morgan fingerprint density at radius 2 is 1.90 bits per heavy atom. The number of ether oxygens (including phenoxy) is 2. The van der Waals surface area contributed by atoms with Gasteiger partial charge in [0.15, 0.2) is 0 Å². The summed E-state index contributed by atoms with van der Waals surface area (Å²) in [6.45, 7) is 3.05. The van der Waals surface area contributed by atoms with Gasteiger partial charge < -0.3 is 19.5 Å². The molecule has 0 aromatic heterocycles. The molecule has 1 aliphatic rings. The van der Waals surface area contributed by atoms with Crippen molar-refractivity contribution in [1.82, 2.24) is 4.90 Å². The summed E-state index contributed by atoms with van der Waals surface area (Å²) in [4.78, 5) is 27.3. The van der Waals surface area contributed by atoms with Crippen molar-refractivity contribution in [3.8, 4) is 5.75 Å².